The summed E-state index contributed by atoms with van der Waals surface area (Å²) in [5.41, 5.74) is 0. The number of hydrogen-bond donors (Lipinski definition) is 0. The van der Waals surface area contributed by atoms with Crippen LogP contribution < -0.4 is 0 Å². The van der Waals surface area contributed by atoms with Crippen LogP contribution in [-0.2, 0) is 0 Å². The fourth-order valence-corrected chi connectivity index (χ4v) is 2.40. The Morgan fingerprint density at radius 2 is 2.11 bits per heavy atom. The maximum atomic E-state index is 8.64. The Morgan fingerprint density at radius 1 is 1.22 bits per heavy atom. The molecule has 2 bridgehead atoms. The van der Waals surface area contributed by atoms with Crippen LogP contribution in [-0.4, -0.2) is 0 Å². The summed E-state index contributed by atoms with van der Waals surface area (Å²) < 4.78 is 0. The summed E-state index contributed by atoms with van der Waals surface area (Å²) in [5.74, 6) is 2.16. The van der Waals surface area contributed by atoms with Crippen LogP contribution in [0.15, 0.2) is 0 Å². The summed E-state index contributed by atoms with van der Waals surface area (Å²) in [6, 6.07) is 2.40. The minimum atomic E-state index is 0.434. The van der Waals surface area contributed by atoms with Gasteiger partial charge < -0.3 is 0 Å². The second-order valence-electron chi connectivity index (χ2n) is 3.41. The van der Waals surface area contributed by atoms with Crippen molar-refractivity contribution < 1.29 is 0 Å². The van der Waals surface area contributed by atoms with Crippen LogP contribution in [0.1, 0.15) is 25.7 Å². The molecule has 9 heavy (non-hydrogen) atoms. The molecular formula is C8H11N. The summed E-state index contributed by atoms with van der Waals surface area (Å²) in [5, 5.41) is 8.64. The molecule has 1 heteroatoms. The number of rotatable bonds is 0. The van der Waals surface area contributed by atoms with Gasteiger partial charge in [-0.25, -0.2) is 0 Å². The second kappa shape index (κ2) is 1.73. The average Bonchev–Trinajstić information content (AvgIpc) is 2.45. The largest absolute Gasteiger partial charge is 0.198 e. The number of hydrogen-bond acceptors (Lipinski definition) is 1. The molecule has 2 saturated carbocycles. The lowest BCUT2D eigenvalue weighted by Crippen LogP contribution is -2.06. The Bertz CT molecular complexity index is 156. The lowest BCUT2D eigenvalue weighted by Gasteiger charge is -2.12. The number of nitriles is 1. The maximum absolute atomic E-state index is 8.64. The van der Waals surface area contributed by atoms with Gasteiger partial charge in [-0.3, -0.25) is 0 Å². The van der Waals surface area contributed by atoms with Crippen LogP contribution in [0.2, 0.25) is 0 Å². The van der Waals surface area contributed by atoms with Gasteiger partial charge in [0.15, 0.2) is 0 Å². The van der Waals surface area contributed by atoms with Gasteiger partial charge in [-0.1, -0.05) is 6.42 Å². The summed E-state index contributed by atoms with van der Waals surface area (Å²) in [6.07, 6.45) is 5.31. The minimum absolute atomic E-state index is 0.434. The highest BCUT2D eigenvalue weighted by Gasteiger charge is 2.39. The van der Waals surface area contributed by atoms with Gasteiger partial charge in [0.25, 0.3) is 0 Å². The van der Waals surface area contributed by atoms with E-state index in [9.17, 15) is 0 Å². The van der Waals surface area contributed by atoms with Crippen molar-refractivity contribution in [3.05, 3.63) is 0 Å². The van der Waals surface area contributed by atoms with E-state index in [0.717, 1.165) is 11.8 Å². The third-order valence-corrected chi connectivity index (χ3v) is 2.90. The molecule has 0 amide bonds. The van der Waals surface area contributed by atoms with Gasteiger partial charge in [-0.2, -0.15) is 5.26 Å². The van der Waals surface area contributed by atoms with Crippen LogP contribution >= 0.6 is 0 Å². The van der Waals surface area contributed by atoms with Gasteiger partial charge in [0.1, 0.15) is 0 Å². The van der Waals surface area contributed by atoms with E-state index in [4.69, 9.17) is 5.26 Å². The Labute approximate surface area is 55.7 Å². The fraction of sp³-hybridized carbons (Fsp3) is 0.875. The number of nitrogens with zero attached hydrogens (tertiary/aromatic N) is 1. The first-order valence-corrected chi connectivity index (χ1v) is 3.80. The summed E-state index contributed by atoms with van der Waals surface area (Å²) in [7, 11) is 0. The molecule has 2 fully saturated rings. The van der Waals surface area contributed by atoms with Crippen molar-refractivity contribution in [1.29, 1.82) is 5.26 Å². The monoisotopic (exact) mass is 121 g/mol. The molecule has 0 spiro atoms. The summed E-state index contributed by atoms with van der Waals surface area (Å²) in [6.45, 7) is 0. The van der Waals surface area contributed by atoms with E-state index in [1.54, 1.807) is 0 Å². The first kappa shape index (κ1) is 5.29. The Balaban J connectivity index is 2.12. The van der Waals surface area contributed by atoms with E-state index < -0.39 is 0 Å². The van der Waals surface area contributed by atoms with Crippen molar-refractivity contribution in [2.75, 3.05) is 0 Å². The van der Waals surface area contributed by atoms with Gasteiger partial charge >= 0.3 is 0 Å². The molecule has 0 aromatic carbocycles. The van der Waals surface area contributed by atoms with Gasteiger partial charge in [-0.05, 0) is 31.1 Å². The molecule has 0 aromatic rings. The van der Waals surface area contributed by atoms with Crippen LogP contribution in [0.3, 0.4) is 0 Å². The normalized spacial score (nSPS) is 47.2. The van der Waals surface area contributed by atoms with E-state index in [2.05, 4.69) is 6.07 Å². The van der Waals surface area contributed by atoms with Crippen LogP contribution in [0.25, 0.3) is 0 Å². The molecule has 2 rings (SSSR count). The Hall–Kier alpha value is -0.510. The van der Waals surface area contributed by atoms with Crippen molar-refractivity contribution in [1.82, 2.24) is 0 Å². The zero-order valence-electron chi connectivity index (χ0n) is 5.51. The minimum Gasteiger partial charge on any atom is -0.198 e. The lowest BCUT2D eigenvalue weighted by molar-refractivity contribution is 0.402. The topological polar surface area (TPSA) is 23.8 Å². The van der Waals surface area contributed by atoms with Crippen molar-refractivity contribution in [3.63, 3.8) is 0 Å². The molecule has 0 aliphatic heterocycles. The molecule has 0 saturated heterocycles. The molecular weight excluding hydrogens is 110 g/mol. The quantitative estimate of drug-likeness (QED) is 0.480. The molecule has 2 aliphatic rings. The molecule has 1 nitrogen and oxygen atoms in total. The third-order valence-electron chi connectivity index (χ3n) is 2.90. The summed E-state index contributed by atoms with van der Waals surface area (Å²) in [4.78, 5) is 0. The average molecular weight is 121 g/mol. The zero-order chi connectivity index (χ0) is 6.27. The van der Waals surface area contributed by atoms with E-state index in [0.29, 0.717) is 5.92 Å². The SMILES string of the molecule is N#C[C@H]1C[C@H]2CC[C@H]1C2. The molecule has 3 atom stereocenters. The smallest absolute Gasteiger partial charge is 0.0658 e. The second-order valence-corrected chi connectivity index (χ2v) is 3.41. The standard InChI is InChI=1S/C8H11N/c9-5-8-4-6-1-2-7(8)3-6/h6-8H,1-4H2/t6-,7-,8+/m0/s1. The highest BCUT2D eigenvalue weighted by Crippen LogP contribution is 2.47. The van der Waals surface area contributed by atoms with Gasteiger partial charge in [0, 0.05) is 5.92 Å². The highest BCUT2D eigenvalue weighted by atomic mass is 14.4. The van der Waals surface area contributed by atoms with Crippen molar-refractivity contribution in [2.24, 2.45) is 17.8 Å². The third kappa shape index (κ3) is 0.660. The van der Waals surface area contributed by atoms with Gasteiger partial charge in [0.05, 0.1) is 6.07 Å². The van der Waals surface area contributed by atoms with Crippen molar-refractivity contribution >= 4 is 0 Å². The van der Waals surface area contributed by atoms with Crippen molar-refractivity contribution in [3.8, 4) is 6.07 Å². The first-order valence-electron chi connectivity index (χ1n) is 3.80. The molecule has 2 aliphatic carbocycles. The van der Waals surface area contributed by atoms with E-state index in [-0.39, 0.29) is 0 Å². The zero-order valence-corrected chi connectivity index (χ0v) is 5.51. The molecule has 48 valence electrons. The first-order chi connectivity index (χ1) is 4.40. The maximum Gasteiger partial charge on any atom is 0.0658 e. The molecule has 0 aromatic heterocycles. The van der Waals surface area contributed by atoms with Gasteiger partial charge in [-0.15, -0.1) is 0 Å². The van der Waals surface area contributed by atoms with E-state index in [1.165, 1.54) is 25.7 Å². The lowest BCUT2D eigenvalue weighted by atomic mass is 9.90. The van der Waals surface area contributed by atoms with Crippen LogP contribution in [0.5, 0.6) is 0 Å². The Kier molecular flexibility index (Phi) is 1.02. The van der Waals surface area contributed by atoms with E-state index >= 15 is 0 Å². The molecule has 0 heterocycles. The molecule has 0 N–H and O–H groups in total. The predicted molar refractivity (Wildman–Crippen MR) is 34.6 cm³/mol. The van der Waals surface area contributed by atoms with Crippen molar-refractivity contribution in [2.45, 2.75) is 25.7 Å². The molecule has 0 unspecified atom stereocenters. The summed E-state index contributed by atoms with van der Waals surface area (Å²) >= 11 is 0. The molecule has 0 radical (unpaired) electrons. The van der Waals surface area contributed by atoms with Gasteiger partial charge in [0.2, 0.25) is 0 Å². The van der Waals surface area contributed by atoms with Crippen LogP contribution in [0.4, 0.5) is 0 Å². The number of fused-ring (bicyclic) bond motifs is 2. The highest BCUT2D eigenvalue weighted by molar-refractivity contribution is 4.99. The predicted octanol–water partition coefficient (Wildman–Crippen LogP) is 1.95. The van der Waals surface area contributed by atoms with E-state index in [1.807, 2.05) is 0 Å². The van der Waals surface area contributed by atoms with Crippen LogP contribution in [0, 0.1) is 29.1 Å². The fourth-order valence-electron chi connectivity index (χ4n) is 2.40. The Morgan fingerprint density at radius 3 is 2.44 bits per heavy atom.